The summed E-state index contributed by atoms with van der Waals surface area (Å²) < 4.78 is 2.00. The average Bonchev–Trinajstić information content (AvgIpc) is 3.18. The molecule has 3 rings (SSSR count). The molecule has 6 nitrogen and oxygen atoms in total. The maximum atomic E-state index is 11.4. The summed E-state index contributed by atoms with van der Waals surface area (Å²) in [5.41, 5.74) is 2.89. The molecule has 0 aromatic carbocycles. The molecule has 20 heavy (non-hydrogen) atoms. The lowest BCUT2D eigenvalue weighted by molar-refractivity contribution is 0.0953. The first-order valence-corrected chi connectivity index (χ1v) is 7.54. The molecular formula is C12H11N5OS2. The van der Waals surface area contributed by atoms with Crippen molar-refractivity contribution in [3.05, 3.63) is 46.0 Å². The molecule has 0 aliphatic rings. The Morgan fingerprint density at radius 1 is 1.45 bits per heavy atom. The predicted octanol–water partition coefficient (Wildman–Crippen LogP) is 1.72. The Morgan fingerprint density at radius 2 is 2.35 bits per heavy atom. The minimum absolute atomic E-state index is 0.361. The third-order valence-corrected chi connectivity index (χ3v) is 4.42. The maximum Gasteiger partial charge on any atom is 0.294 e. The molecule has 3 heterocycles. The highest BCUT2D eigenvalue weighted by Crippen LogP contribution is 2.23. The summed E-state index contributed by atoms with van der Waals surface area (Å²) >= 11 is 2.91. The molecule has 0 aliphatic heterocycles. The van der Waals surface area contributed by atoms with Crippen LogP contribution in [0.2, 0.25) is 0 Å². The van der Waals surface area contributed by atoms with Gasteiger partial charge in [-0.25, -0.2) is 15.8 Å². The van der Waals surface area contributed by atoms with Crippen molar-refractivity contribution in [1.29, 1.82) is 0 Å². The van der Waals surface area contributed by atoms with Crippen LogP contribution in [0.15, 0.2) is 35.3 Å². The van der Waals surface area contributed by atoms with Crippen LogP contribution in [0, 0.1) is 0 Å². The second-order valence-corrected chi connectivity index (χ2v) is 5.78. The quantitative estimate of drug-likeness (QED) is 0.436. The number of amides is 1. The van der Waals surface area contributed by atoms with Gasteiger partial charge in [0.15, 0.2) is 5.01 Å². The molecule has 3 aromatic rings. The summed E-state index contributed by atoms with van der Waals surface area (Å²) in [6, 6.07) is 4.02. The lowest BCUT2D eigenvalue weighted by Crippen LogP contribution is -2.29. The number of imidazole rings is 1. The summed E-state index contributed by atoms with van der Waals surface area (Å²) in [6.07, 6.45) is 3.66. The van der Waals surface area contributed by atoms with Crippen molar-refractivity contribution in [2.75, 3.05) is 0 Å². The standard InChI is InChI=1S/C12H11N5OS2/c13-16-11(18)12-15-8(7-20-12)6-17-4-3-14-10(17)9-2-1-5-19-9/h1-5,7H,6,13H2,(H,16,18). The number of hydrogen-bond acceptors (Lipinski definition) is 6. The number of carbonyl (C=O) groups excluding carboxylic acids is 1. The van der Waals surface area contributed by atoms with Gasteiger partial charge in [-0.1, -0.05) is 6.07 Å². The van der Waals surface area contributed by atoms with Crippen molar-refractivity contribution in [1.82, 2.24) is 20.0 Å². The van der Waals surface area contributed by atoms with Crippen LogP contribution >= 0.6 is 22.7 Å². The van der Waals surface area contributed by atoms with Crippen LogP contribution in [0.5, 0.6) is 0 Å². The first-order valence-electron chi connectivity index (χ1n) is 5.78. The van der Waals surface area contributed by atoms with E-state index in [1.807, 2.05) is 33.7 Å². The predicted molar refractivity (Wildman–Crippen MR) is 78.4 cm³/mol. The second kappa shape index (κ2) is 5.53. The van der Waals surface area contributed by atoms with Gasteiger partial charge >= 0.3 is 0 Å². The number of thiophene rings is 1. The Balaban J connectivity index is 1.84. The van der Waals surface area contributed by atoms with Gasteiger partial charge in [0.2, 0.25) is 0 Å². The van der Waals surface area contributed by atoms with Crippen LogP contribution in [0.1, 0.15) is 15.5 Å². The van der Waals surface area contributed by atoms with E-state index in [0.717, 1.165) is 16.4 Å². The van der Waals surface area contributed by atoms with Gasteiger partial charge < -0.3 is 4.57 Å². The monoisotopic (exact) mass is 305 g/mol. The first kappa shape index (κ1) is 13.0. The Bertz CT molecular complexity index is 716. The molecule has 0 saturated carbocycles. The summed E-state index contributed by atoms with van der Waals surface area (Å²) in [5.74, 6) is 5.62. The number of nitrogen functional groups attached to an aromatic ring is 1. The molecular weight excluding hydrogens is 294 g/mol. The minimum Gasteiger partial charge on any atom is -0.324 e. The molecule has 0 fully saturated rings. The van der Waals surface area contributed by atoms with Crippen LogP contribution in [0.3, 0.4) is 0 Å². The zero-order chi connectivity index (χ0) is 13.9. The van der Waals surface area contributed by atoms with E-state index in [1.165, 1.54) is 11.3 Å². The van der Waals surface area contributed by atoms with E-state index in [9.17, 15) is 4.79 Å². The highest BCUT2D eigenvalue weighted by atomic mass is 32.1. The number of nitrogens with two attached hydrogens (primary N) is 1. The van der Waals surface area contributed by atoms with Crippen LogP contribution in [-0.2, 0) is 6.54 Å². The fourth-order valence-corrected chi connectivity index (χ4v) is 3.23. The average molecular weight is 305 g/mol. The number of nitrogens with zero attached hydrogens (tertiary/aromatic N) is 3. The van der Waals surface area contributed by atoms with Gasteiger partial charge in [-0.2, -0.15) is 0 Å². The molecule has 0 spiro atoms. The summed E-state index contributed by atoms with van der Waals surface area (Å²) in [7, 11) is 0. The smallest absolute Gasteiger partial charge is 0.294 e. The number of carbonyl (C=O) groups is 1. The number of thiazole rings is 1. The molecule has 0 atom stereocenters. The summed E-state index contributed by atoms with van der Waals surface area (Å²) in [5, 5.41) is 4.23. The lowest BCUT2D eigenvalue weighted by atomic mass is 10.4. The van der Waals surface area contributed by atoms with Crippen LogP contribution in [0.4, 0.5) is 0 Å². The molecule has 0 unspecified atom stereocenters. The van der Waals surface area contributed by atoms with E-state index in [1.54, 1.807) is 17.5 Å². The van der Waals surface area contributed by atoms with Crippen molar-refractivity contribution in [3.63, 3.8) is 0 Å². The number of hydrogen-bond donors (Lipinski definition) is 2. The largest absolute Gasteiger partial charge is 0.324 e. The van der Waals surface area contributed by atoms with Crippen molar-refractivity contribution in [3.8, 4) is 10.7 Å². The molecule has 0 aliphatic carbocycles. The molecule has 8 heteroatoms. The third-order valence-electron chi connectivity index (χ3n) is 2.67. The fraction of sp³-hybridized carbons (Fsp3) is 0.0833. The highest BCUT2D eigenvalue weighted by Gasteiger charge is 2.12. The summed E-state index contributed by atoms with van der Waals surface area (Å²) in [4.78, 5) is 21.1. The van der Waals surface area contributed by atoms with Crippen LogP contribution in [-0.4, -0.2) is 20.4 Å². The van der Waals surface area contributed by atoms with Gasteiger partial charge in [0.1, 0.15) is 5.82 Å². The van der Waals surface area contributed by atoms with Gasteiger partial charge in [0.25, 0.3) is 5.91 Å². The number of hydrazine groups is 1. The van der Waals surface area contributed by atoms with Crippen molar-refractivity contribution >= 4 is 28.6 Å². The summed E-state index contributed by atoms with van der Waals surface area (Å²) in [6.45, 7) is 0.571. The van der Waals surface area contributed by atoms with Gasteiger partial charge in [-0.05, 0) is 11.4 Å². The van der Waals surface area contributed by atoms with E-state index in [-0.39, 0.29) is 5.91 Å². The number of nitrogens with one attached hydrogen (secondary N) is 1. The topological polar surface area (TPSA) is 85.8 Å². The van der Waals surface area contributed by atoms with Crippen LogP contribution < -0.4 is 11.3 Å². The van der Waals surface area contributed by atoms with E-state index in [2.05, 4.69) is 15.4 Å². The molecule has 0 saturated heterocycles. The SMILES string of the molecule is NNC(=O)c1nc(Cn2ccnc2-c2cccs2)cs1. The Hall–Kier alpha value is -2.03. The molecule has 3 aromatic heterocycles. The Kier molecular flexibility index (Phi) is 3.59. The molecule has 0 radical (unpaired) electrons. The van der Waals surface area contributed by atoms with Gasteiger partial charge in [-0.15, -0.1) is 22.7 Å². The Labute approximate surface area is 122 Å². The Morgan fingerprint density at radius 3 is 3.10 bits per heavy atom. The molecule has 1 amide bonds. The van der Waals surface area contributed by atoms with Crippen molar-refractivity contribution < 1.29 is 4.79 Å². The maximum absolute atomic E-state index is 11.4. The zero-order valence-electron chi connectivity index (χ0n) is 10.3. The van der Waals surface area contributed by atoms with Gasteiger partial charge in [-0.3, -0.25) is 10.2 Å². The molecule has 102 valence electrons. The lowest BCUT2D eigenvalue weighted by Gasteiger charge is -2.03. The van der Waals surface area contributed by atoms with E-state index in [0.29, 0.717) is 11.6 Å². The zero-order valence-corrected chi connectivity index (χ0v) is 11.9. The minimum atomic E-state index is -0.370. The van der Waals surface area contributed by atoms with E-state index < -0.39 is 0 Å². The third kappa shape index (κ3) is 2.48. The van der Waals surface area contributed by atoms with Crippen molar-refractivity contribution in [2.24, 2.45) is 5.84 Å². The van der Waals surface area contributed by atoms with Crippen molar-refractivity contribution in [2.45, 2.75) is 6.54 Å². The number of rotatable bonds is 4. The second-order valence-electron chi connectivity index (χ2n) is 3.97. The van der Waals surface area contributed by atoms with E-state index in [4.69, 9.17) is 5.84 Å². The van der Waals surface area contributed by atoms with Gasteiger partial charge in [0.05, 0.1) is 17.1 Å². The normalized spacial score (nSPS) is 10.7. The fourth-order valence-electron chi connectivity index (χ4n) is 1.79. The molecule has 3 N–H and O–H groups in total. The van der Waals surface area contributed by atoms with Gasteiger partial charge in [0, 0.05) is 17.8 Å². The van der Waals surface area contributed by atoms with E-state index >= 15 is 0 Å². The number of aromatic nitrogens is 3. The molecule has 0 bridgehead atoms. The first-order chi connectivity index (χ1) is 9.78. The van der Waals surface area contributed by atoms with Crippen LogP contribution in [0.25, 0.3) is 10.7 Å². The highest BCUT2D eigenvalue weighted by molar-refractivity contribution is 7.13.